The van der Waals surface area contributed by atoms with Crippen molar-refractivity contribution < 1.29 is 4.79 Å². The molecule has 1 heterocycles. The monoisotopic (exact) mass is 184 g/mol. The quantitative estimate of drug-likeness (QED) is 0.329. The Bertz CT molecular complexity index is 388. The first kappa shape index (κ1) is 8.97. The molecule has 2 amide bonds. The summed E-state index contributed by atoms with van der Waals surface area (Å²) in [6.45, 7) is 1.52. The SMILES string of the molecule is C/C(=N\NC(N)=O)c1n[nH][nH]c1=O. The van der Waals surface area contributed by atoms with Gasteiger partial charge >= 0.3 is 6.03 Å². The zero-order chi connectivity index (χ0) is 9.84. The van der Waals surface area contributed by atoms with Crippen molar-refractivity contribution in [2.24, 2.45) is 10.8 Å². The fourth-order valence-corrected chi connectivity index (χ4v) is 0.682. The third-order valence-corrected chi connectivity index (χ3v) is 1.23. The fraction of sp³-hybridized carbons (Fsp3) is 0.200. The normalized spacial score (nSPS) is 11.3. The van der Waals surface area contributed by atoms with Crippen molar-refractivity contribution in [3.8, 4) is 0 Å². The molecule has 0 radical (unpaired) electrons. The maximum atomic E-state index is 10.9. The molecule has 0 saturated carbocycles. The molecule has 5 N–H and O–H groups in total. The first-order valence-corrected chi connectivity index (χ1v) is 3.34. The largest absolute Gasteiger partial charge is 0.350 e. The van der Waals surface area contributed by atoms with Crippen molar-refractivity contribution in [1.29, 1.82) is 0 Å². The lowest BCUT2D eigenvalue weighted by molar-refractivity contribution is 0.249. The van der Waals surface area contributed by atoms with Gasteiger partial charge in [-0.15, -0.1) is 0 Å². The lowest BCUT2D eigenvalue weighted by Crippen LogP contribution is -2.26. The molecule has 0 fully saturated rings. The average molecular weight is 184 g/mol. The lowest BCUT2D eigenvalue weighted by atomic mass is 10.3. The summed E-state index contributed by atoms with van der Waals surface area (Å²) >= 11 is 0. The maximum Gasteiger partial charge on any atom is 0.332 e. The Balaban J connectivity index is 2.85. The van der Waals surface area contributed by atoms with Crippen LogP contribution in [0.15, 0.2) is 9.90 Å². The summed E-state index contributed by atoms with van der Waals surface area (Å²) in [7, 11) is 0. The second-order valence-corrected chi connectivity index (χ2v) is 2.20. The zero-order valence-corrected chi connectivity index (χ0v) is 6.79. The summed E-state index contributed by atoms with van der Waals surface area (Å²) in [5, 5.41) is 11.6. The molecule has 1 rings (SSSR count). The van der Waals surface area contributed by atoms with Gasteiger partial charge in [0.05, 0.1) is 5.71 Å². The molecule has 0 aromatic carbocycles. The van der Waals surface area contributed by atoms with Crippen LogP contribution in [-0.4, -0.2) is 27.2 Å². The Morgan fingerprint density at radius 1 is 1.69 bits per heavy atom. The number of urea groups is 1. The van der Waals surface area contributed by atoms with Crippen LogP contribution in [0.25, 0.3) is 0 Å². The van der Waals surface area contributed by atoms with E-state index in [0.29, 0.717) is 0 Å². The molecule has 0 unspecified atom stereocenters. The number of aromatic amines is 2. The zero-order valence-electron chi connectivity index (χ0n) is 6.79. The molecule has 0 saturated heterocycles. The van der Waals surface area contributed by atoms with Gasteiger partial charge in [0.25, 0.3) is 5.56 Å². The minimum atomic E-state index is -0.800. The molecule has 0 aliphatic heterocycles. The Hall–Kier alpha value is -2.12. The van der Waals surface area contributed by atoms with Crippen LogP contribution in [0.4, 0.5) is 4.79 Å². The van der Waals surface area contributed by atoms with E-state index in [9.17, 15) is 9.59 Å². The molecule has 8 nitrogen and oxygen atoms in total. The highest BCUT2D eigenvalue weighted by Crippen LogP contribution is 1.84. The highest BCUT2D eigenvalue weighted by atomic mass is 16.2. The Labute approximate surface area is 72.2 Å². The van der Waals surface area contributed by atoms with Crippen LogP contribution >= 0.6 is 0 Å². The van der Waals surface area contributed by atoms with E-state index in [-0.39, 0.29) is 11.4 Å². The number of nitrogens with two attached hydrogens (primary N) is 1. The molecule has 0 aliphatic carbocycles. The van der Waals surface area contributed by atoms with E-state index in [4.69, 9.17) is 5.73 Å². The number of hydrogen-bond donors (Lipinski definition) is 4. The molecular weight excluding hydrogens is 176 g/mol. The van der Waals surface area contributed by atoms with E-state index in [0.717, 1.165) is 0 Å². The molecule has 0 atom stereocenters. The van der Waals surface area contributed by atoms with Crippen LogP contribution in [0.5, 0.6) is 0 Å². The number of rotatable bonds is 2. The van der Waals surface area contributed by atoms with Gasteiger partial charge in [-0.1, -0.05) is 0 Å². The summed E-state index contributed by atoms with van der Waals surface area (Å²) in [4.78, 5) is 21.2. The number of nitrogens with one attached hydrogen (secondary N) is 3. The first-order valence-electron chi connectivity index (χ1n) is 3.34. The molecule has 0 aliphatic rings. The van der Waals surface area contributed by atoms with Crippen molar-refractivity contribution in [2.45, 2.75) is 6.92 Å². The molecule has 0 bridgehead atoms. The molecule has 13 heavy (non-hydrogen) atoms. The van der Waals surface area contributed by atoms with Crippen molar-refractivity contribution >= 4 is 11.7 Å². The number of hydrazone groups is 1. The predicted molar refractivity (Wildman–Crippen MR) is 44.1 cm³/mol. The molecular formula is C5H8N6O2. The van der Waals surface area contributed by atoms with Gasteiger partial charge in [0.1, 0.15) is 0 Å². The molecule has 1 aromatic heterocycles. The van der Waals surface area contributed by atoms with Gasteiger partial charge in [-0.2, -0.15) is 10.2 Å². The Morgan fingerprint density at radius 2 is 2.38 bits per heavy atom. The van der Waals surface area contributed by atoms with E-state index >= 15 is 0 Å². The van der Waals surface area contributed by atoms with Crippen LogP contribution in [0, 0.1) is 0 Å². The summed E-state index contributed by atoms with van der Waals surface area (Å²) in [5.41, 5.74) is 6.70. The highest BCUT2D eigenvalue weighted by molar-refractivity contribution is 5.96. The lowest BCUT2D eigenvalue weighted by Gasteiger charge is -1.93. The van der Waals surface area contributed by atoms with E-state index in [2.05, 4.69) is 20.5 Å². The standard InChI is InChI=1S/C5H8N6O2/c1-2(7-10-5(6)13)3-4(12)9-11-8-3/h1H3,(H3,6,10,13)(H2,8,9,11,12)/b7-2+. The van der Waals surface area contributed by atoms with Gasteiger partial charge in [-0.05, 0) is 6.92 Å². The van der Waals surface area contributed by atoms with Crippen LogP contribution in [-0.2, 0) is 0 Å². The predicted octanol–water partition coefficient (Wildman–Crippen LogP) is -1.51. The summed E-state index contributed by atoms with van der Waals surface area (Å²) in [6.07, 6.45) is 0. The number of nitrogens with zero attached hydrogens (tertiary/aromatic N) is 2. The molecule has 0 spiro atoms. The van der Waals surface area contributed by atoms with Gasteiger partial charge < -0.3 is 5.73 Å². The number of hydrogen-bond acceptors (Lipinski definition) is 4. The third-order valence-electron chi connectivity index (χ3n) is 1.23. The second-order valence-electron chi connectivity index (χ2n) is 2.20. The molecule has 1 aromatic rings. The number of carbonyl (C=O) groups excluding carboxylic acids is 1. The Morgan fingerprint density at radius 3 is 2.85 bits per heavy atom. The van der Waals surface area contributed by atoms with Gasteiger partial charge in [0, 0.05) is 0 Å². The van der Waals surface area contributed by atoms with Crippen molar-refractivity contribution in [1.82, 2.24) is 20.8 Å². The summed E-state index contributed by atoms with van der Waals surface area (Å²) in [6, 6.07) is -0.800. The maximum absolute atomic E-state index is 10.9. The fourth-order valence-electron chi connectivity index (χ4n) is 0.682. The van der Waals surface area contributed by atoms with E-state index in [1.54, 1.807) is 0 Å². The van der Waals surface area contributed by atoms with Gasteiger partial charge in [0.15, 0.2) is 5.69 Å². The minimum absolute atomic E-state index is 0.105. The number of carbonyl (C=O) groups is 1. The number of amides is 2. The van der Waals surface area contributed by atoms with Gasteiger partial charge in [-0.25, -0.2) is 20.5 Å². The van der Waals surface area contributed by atoms with Crippen LogP contribution < -0.4 is 16.7 Å². The smallest absolute Gasteiger partial charge is 0.332 e. The number of aromatic nitrogens is 3. The van der Waals surface area contributed by atoms with Gasteiger partial charge in [-0.3, -0.25) is 4.79 Å². The number of H-pyrrole nitrogens is 2. The summed E-state index contributed by atoms with van der Waals surface area (Å²) in [5.74, 6) is 0. The average Bonchev–Trinajstić information content (AvgIpc) is 2.47. The highest BCUT2D eigenvalue weighted by Gasteiger charge is 2.05. The van der Waals surface area contributed by atoms with Crippen LogP contribution in [0.3, 0.4) is 0 Å². The third kappa shape index (κ3) is 2.15. The molecule has 8 heteroatoms. The van der Waals surface area contributed by atoms with Crippen molar-refractivity contribution in [2.75, 3.05) is 0 Å². The van der Waals surface area contributed by atoms with Gasteiger partial charge in [0.2, 0.25) is 0 Å². The van der Waals surface area contributed by atoms with Crippen LogP contribution in [0.2, 0.25) is 0 Å². The topological polar surface area (TPSA) is 129 Å². The Kier molecular flexibility index (Phi) is 2.43. The number of primary amides is 1. The van der Waals surface area contributed by atoms with E-state index in [1.807, 2.05) is 5.43 Å². The van der Waals surface area contributed by atoms with Crippen LogP contribution in [0.1, 0.15) is 12.6 Å². The minimum Gasteiger partial charge on any atom is -0.350 e. The van der Waals surface area contributed by atoms with E-state index in [1.165, 1.54) is 6.92 Å². The van der Waals surface area contributed by atoms with Crippen molar-refractivity contribution in [3.63, 3.8) is 0 Å². The molecule has 70 valence electrons. The first-order chi connectivity index (χ1) is 6.11. The second kappa shape index (κ2) is 3.52. The van der Waals surface area contributed by atoms with Crippen molar-refractivity contribution in [3.05, 3.63) is 16.0 Å². The van der Waals surface area contributed by atoms with E-state index < -0.39 is 11.6 Å². The summed E-state index contributed by atoms with van der Waals surface area (Å²) < 4.78 is 0.